The molecule has 0 fully saturated rings. The van der Waals surface area contributed by atoms with Crippen molar-refractivity contribution in [3.05, 3.63) is 94.5 Å². The standard InChI is InChI=1S/C32H32N4O6/c1-35(21-25-8-4-12-28(33)19-25)31(38)41-14-6-10-23-16-24(18-27(17-23)30(37)40-3)11-7-15-42-32(39)36(2)22-26-9-5-13-29(34)20-26/h4-5,8-9,12-13,16-20H,14-15,21-22,33-34H2,1-3H3. The van der Waals surface area contributed by atoms with Gasteiger partial charge in [-0.05, 0) is 53.6 Å². The Morgan fingerprint density at radius 3 is 1.57 bits per heavy atom. The summed E-state index contributed by atoms with van der Waals surface area (Å²) in [5.74, 6) is 10.7. The van der Waals surface area contributed by atoms with Gasteiger partial charge in [-0.3, -0.25) is 0 Å². The molecule has 3 aromatic rings. The van der Waals surface area contributed by atoms with Gasteiger partial charge < -0.3 is 35.5 Å². The predicted molar refractivity (Wildman–Crippen MR) is 159 cm³/mol. The number of rotatable bonds is 7. The maximum atomic E-state index is 12.3. The number of carbonyl (C=O) groups is 3. The first-order valence-electron chi connectivity index (χ1n) is 12.8. The number of ether oxygens (including phenoxy) is 3. The second-order valence-electron chi connectivity index (χ2n) is 9.21. The third-order valence-electron chi connectivity index (χ3n) is 5.72. The molecule has 3 aromatic carbocycles. The fraction of sp³-hybridized carbons (Fsp3) is 0.219. The lowest BCUT2D eigenvalue weighted by Crippen LogP contribution is -2.27. The van der Waals surface area contributed by atoms with Crippen LogP contribution in [0.2, 0.25) is 0 Å². The van der Waals surface area contributed by atoms with Gasteiger partial charge in [-0.15, -0.1) is 0 Å². The average Bonchev–Trinajstić information content (AvgIpc) is 2.96. The first kappa shape index (κ1) is 30.9. The molecule has 0 heterocycles. The Balaban J connectivity index is 1.58. The molecule has 0 aliphatic rings. The molecule has 0 spiro atoms. The zero-order valence-electron chi connectivity index (χ0n) is 23.7. The number of hydrogen-bond donors (Lipinski definition) is 2. The van der Waals surface area contributed by atoms with E-state index in [2.05, 4.69) is 23.7 Å². The Bertz CT molecular complexity index is 1460. The lowest BCUT2D eigenvalue weighted by Gasteiger charge is -2.16. The molecule has 10 heteroatoms. The van der Waals surface area contributed by atoms with Crippen molar-refractivity contribution in [1.29, 1.82) is 0 Å². The van der Waals surface area contributed by atoms with Gasteiger partial charge >= 0.3 is 18.2 Å². The first-order chi connectivity index (χ1) is 20.1. The number of esters is 1. The minimum absolute atomic E-state index is 0.164. The van der Waals surface area contributed by atoms with E-state index < -0.39 is 18.2 Å². The van der Waals surface area contributed by atoms with Crippen LogP contribution in [0.25, 0.3) is 0 Å². The number of anilines is 2. The van der Waals surface area contributed by atoms with Crippen LogP contribution in [0.3, 0.4) is 0 Å². The van der Waals surface area contributed by atoms with E-state index >= 15 is 0 Å². The Morgan fingerprint density at radius 1 is 0.714 bits per heavy atom. The van der Waals surface area contributed by atoms with Gasteiger partial charge in [-0.1, -0.05) is 47.9 Å². The number of hydrogen-bond acceptors (Lipinski definition) is 8. The Morgan fingerprint density at radius 2 is 1.17 bits per heavy atom. The fourth-order valence-electron chi connectivity index (χ4n) is 3.76. The van der Waals surface area contributed by atoms with Crippen LogP contribution in [0.15, 0.2) is 66.7 Å². The highest BCUT2D eigenvalue weighted by Gasteiger charge is 2.12. The van der Waals surface area contributed by atoms with Gasteiger partial charge in [0.05, 0.1) is 12.7 Å². The normalized spacial score (nSPS) is 9.79. The van der Waals surface area contributed by atoms with Gasteiger partial charge in [0.25, 0.3) is 0 Å². The summed E-state index contributed by atoms with van der Waals surface area (Å²) in [7, 11) is 4.49. The largest absolute Gasteiger partial charge is 0.465 e. The fourth-order valence-corrected chi connectivity index (χ4v) is 3.76. The molecule has 0 aromatic heterocycles. The van der Waals surface area contributed by atoms with Gasteiger partial charge in [0.1, 0.15) is 0 Å². The minimum atomic E-state index is -0.564. The van der Waals surface area contributed by atoms with Gasteiger partial charge in [-0.2, -0.15) is 0 Å². The van der Waals surface area contributed by atoms with Crippen molar-refractivity contribution in [1.82, 2.24) is 9.80 Å². The highest BCUT2D eigenvalue weighted by molar-refractivity contribution is 5.90. The number of benzene rings is 3. The van der Waals surface area contributed by atoms with Crippen molar-refractivity contribution < 1.29 is 28.6 Å². The molecule has 42 heavy (non-hydrogen) atoms. The van der Waals surface area contributed by atoms with Crippen LogP contribution in [0.5, 0.6) is 0 Å². The molecule has 216 valence electrons. The summed E-state index contributed by atoms with van der Waals surface area (Å²) in [6, 6.07) is 19.2. The summed E-state index contributed by atoms with van der Waals surface area (Å²) in [5.41, 5.74) is 15.7. The zero-order chi connectivity index (χ0) is 30.5. The van der Waals surface area contributed by atoms with Crippen molar-refractivity contribution in [2.75, 3.05) is 45.9 Å². The van der Waals surface area contributed by atoms with Gasteiger partial charge in [0.2, 0.25) is 0 Å². The van der Waals surface area contributed by atoms with E-state index in [9.17, 15) is 14.4 Å². The molecule has 0 bridgehead atoms. The highest BCUT2D eigenvalue weighted by Crippen LogP contribution is 2.12. The lowest BCUT2D eigenvalue weighted by molar-refractivity contribution is 0.0600. The molecule has 0 aliphatic carbocycles. The Hall–Kier alpha value is -5.61. The third-order valence-corrected chi connectivity index (χ3v) is 5.72. The number of nitrogen functional groups attached to an aromatic ring is 2. The molecule has 0 saturated heterocycles. The Labute approximate surface area is 245 Å². The maximum absolute atomic E-state index is 12.3. The highest BCUT2D eigenvalue weighted by atomic mass is 16.6. The monoisotopic (exact) mass is 568 g/mol. The van der Waals surface area contributed by atoms with E-state index in [-0.39, 0.29) is 18.8 Å². The second kappa shape index (κ2) is 15.2. The molecule has 0 aliphatic heterocycles. The lowest BCUT2D eigenvalue weighted by atomic mass is 10.1. The average molecular weight is 569 g/mol. The van der Waals surface area contributed by atoms with Gasteiger partial charge in [0, 0.05) is 49.7 Å². The number of methoxy groups -OCH3 is 1. The van der Waals surface area contributed by atoms with Gasteiger partial charge in [-0.25, -0.2) is 14.4 Å². The van der Waals surface area contributed by atoms with E-state index in [1.165, 1.54) is 16.9 Å². The summed E-state index contributed by atoms with van der Waals surface area (Å²) >= 11 is 0. The molecule has 0 atom stereocenters. The van der Waals surface area contributed by atoms with Crippen molar-refractivity contribution in [2.45, 2.75) is 13.1 Å². The molecule has 4 N–H and O–H groups in total. The minimum Gasteiger partial charge on any atom is -0.465 e. The summed E-state index contributed by atoms with van der Waals surface area (Å²) in [6.07, 6.45) is -1.09. The summed E-state index contributed by atoms with van der Waals surface area (Å²) in [4.78, 5) is 39.6. The molecule has 10 nitrogen and oxygen atoms in total. The van der Waals surface area contributed by atoms with Crippen molar-refractivity contribution in [2.24, 2.45) is 0 Å². The van der Waals surface area contributed by atoms with Crippen molar-refractivity contribution in [3.63, 3.8) is 0 Å². The third kappa shape index (κ3) is 9.85. The first-order valence-corrected chi connectivity index (χ1v) is 12.8. The molecule has 0 radical (unpaired) electrons. The summed E-state index contributed by atoms with van der Waals surface area (Å²) < 4.78 is 15.3. The maximum Gasteiger partial charge on any atom is 0.410 e. The van der Waals surface area contributed by atoms with E-state index in [1.54, 1.807) is 56.6 Å². The number of nitrogens with zero attached hydrogens (tertiary/aromatic N) is 2. The van der Waals surface area contributed by atoms with Crippen LogP contribution in [0.1, 0.15) is 32.6 Å². The number of nitrogens with two attached hydrogens (primary N) is 2. The zero-order valence-corrected chi connectivity index (χ0v) is 23.7. The molecule has 0 saturated carbocycles. The number of amides is 2. The SMILES string of the molecule is COC(=O)c1cc(C#CCOC(=O)N(C)Cc2cccc(N)c2)cc(C#CCOC(=O)N(C)Cc2cccc(N)c2)c1. The van der Waals surface area contributed by atoms with Crippen LogP contribution in [0, 0.1) is 23.7 Å². The van der Waals surface area contributed by atoms with Crippen molar-refractivity contribution >= 4 is 29.5 Å². The van der Waals surface area contributed by atoms with Crippen LogP contribution in [-0.2, 0) is 27.3 Å². The second-order valence-corrected chi connectivity index (χ2v) is 9.21. The van der Waals surface area contributed by atoms with Crippen LogP contribution >= 0.6 is 0 Å². The quantitative estimate of drug-likeness (QED) is 0.190. The van der Waals surface area contributed by atoms with E-state index in [0.717, 1.165) is 11.1 Å². The van der Waals surface area contributed by atoms with E-state index in [4.69, 9.17) is 25.7 Å². The molecule has 3 rings (SSSR count). The predicted octanol–water partition coefficient (Wildman–Crippen LogP) is 3.88. The number of carbonyl (C=O) groups excluding carboxylic acids is 3. The van der Waals surface area contributed by atoms with E-state index in [0.29, 0.717) is 35.6 Å². The molecular formula is C32H32N4O6. The Kier molecular flexibility index (Phi) is 11.2. The summed E-state index contributed by atoms with van der Waals surface area (Å²) in [5, 5.41) is 0. The van der Waals surface area contributed by atoms with Crippen LogP contribution in [-0.4, -0.2) is 62.4 Å². The topological polar surface area (TPSA) is 137 Å². The molecular weight excluding hydrogens is 536 g/mol. The smallest absolute Gasteiger partial charge is 0.410 e. The van der Waals surface area contributed by atoms with Crippen LogP contribution in [0.4, 0.5) is 21.0 Å². The summed E-state index contributed by atoms with van der Waals surface area (Å²) in [6.45, 7) is 0.327. The van der Waals surface area contributed by atoms with Gasteiger partial charge in [0.15, 0.2) is 13.2 Å². The molecule has 0 unspecified atom stereocenters. The van der Waals surface area contributed by atoms with E-state index in [1.807, 2.05) is 24.3 Å². The van der Waals surface area contributed by atoms with Crippen molar-refractivity contribution in [3.8, 4) is 23.7 Å². The molecule has 2 amide bonds. The van der Waals surface area contributed by atoms with Crippen LogP contribution < -0.4 is 11.5 Å².